The molecule has 2 heterocycles. The number of nitrogens with one attached hydrogen (secondary N) is 1. The number of piperidine rings is 1. The van der Waals surface area contributed by atoms with Crippen LogP contribution in [0.2, 0.25) is 0 Å². The molecule has 0 radical (unpaired) electrons. The second-order valence-electron chi connectivity index (χ2n) is 6.84. The van der Waals surface area contributed by atoms with Gasteiger partial charge in [0.1, 0.15) is 5.76 Å². The Bertz CT molecular complexity index is 750. The van der Waals surface area contributed by atoms with E-state index in [2.05, 4.69) is 10.5 Å². The molecule has 1 unspecified atom stereocenters. The maximum absolute atomic E-state index is 12.6. The lowest BCUT2D eigenvalue weighted by atomic mass is 9.96. The number of carbonyl (C=O) groups excluding carboxylic acids is 2. The van der Waals surface area contributed by atoms with Crippen LogP contribution in [0.3, 0.4) is 0 Å². The van der Waals surface area contributed by atoms with Crippen LogP contribution in [0.1, 0.15) is 36.3 Å². The number of likely N-dealkylation sites (tertiary alicyclic amines) is 1. The number of amides is 2. The van der Waals surface area contributed by atoms with Crippen LogP contribution in [-0.2, 0) is 16.0 Å². The highest BCUT2D eigenvalue weighted by molar-refractivity contribution is 5.93. The predicted octanol–water partition coefficient (Wildman–Crippen LogP) is 3.10. The van der Waals surface area contributed by atoms with E-state index in [1.807, 2.05) is 49.1 Å². The first kappa shape index (κ1) is 18.2. The minimum absolute atomic E-state index is 0.0144. The standard InChI is InChI=1S/C20H25N3O3/c1-14-18(15(2)26-22-14)10-11-19(24)23-12-6-7-16(13-23)20(25)21-17-8-4-3-5-9-17/h3-5,8-9,16H,6-7,10-13H2,1-2H3,(H,21,25). The van der Waals surface area contributed by atoms with E-state index in [1.54, 1.807) is 0 Å². The molecule has 0 bridgehead atoms. The lowest BCUT2D eigenvalue weighted by Gasteiger charge is -2.32. The van der Waals surface area contributed by atoms with Gasteiger partial charge < -0.3 is 14.7 Å². The first-order valence-corrected chi connectivity index (χ1v) is 9.10. The normalized spacial score (nSPS) is 17.2. The fraction of sp³-hybridized carbons (Fsp3) is 0.450. The van der Waals surface area contributed by atoms with Crippen LogP contribution in [0.4, 0.5) is 5.69 Å². The molecule has 0 saturated carbocycles. The molecule has 1 aliphatic rings. The first-order valence-electron chi connectivity index (χ1n) is 9.10. The van der Waals surface area contributed by atoms with Gasteiger partial charge >= 0.3 is 0 Å². The molecule has 138 valence electrons. The zero-order valence-corrected chi connectivity index (χ0v) is 15.3. The molecule has 0 spiro atoms. The molecule has 2 amide bonds. The van der Waals surface area contributed by atoms with Gasteiger partial charge in [0.05, 0.1) is 11.6 Å². The zero-order chi connectivity index (χ0) is 18.5. The van der Waals surface area contributed by atoms with Crippen LogP contribution in [-0.4, -0.2) is 35.0 Å². The average Bonchev–Trinajstić information content (AvgIpc) is 2.98. The third-order valence-electron chi connectivity index (χ3n) is 4.96. The van der Waals surface area contributed by atoms with Crippen molar-refractivity contribution >= 4 is 17.5 Å². The lowest BCUT2D eigenvalue weighted by molar-refractivity contribution is -0.134. The van der Waals surface area contributed by atoms with Crippen LogP contribution < -0.4 is 5.32 Å². The molecule has 3 rings (SSSR count). The van der Waals surface area contributed by atoms with Gasteiger partial charge in [0, 0.05) is 30.8 Å². The van der Waals surface area contributed by atoms with E-state index in [1.165, 1.54) is 0 Å². The summed E-state index contributed by atoms with van der Waals surface area (Å²) in [6.07, 6.45) is 2.70. The number of anilines is 1. The monoisotopic (exact) mass is 355 g/mol. The van der Waals surface area contributed by atoms with Crippen molar-refractivity contribution in [2.45, 2.75) is 39.5 Å². The topological polar surface area (TPSA) is 75.4 Å². The van der Waals surface area contributed by atoms with Gasteiger partial charge in [-0.3, -0.25) is 9.59 Å². The summed E-state index contributed by atoms with van der Waals surface area (Å²) in [5, 5.41) is 6.87. The number of para-hydroxylation sites is 1. The third kappa shape index (κ3) is 4.31. The maximum atomic E-state index is 12.6. The summed E-state index contributed by atoms with van der Waals surface area (Å²) in [4.78, 5) is 26.9. The molecule has 0 aliphatic carbocycles. The second-order valence-corrected chi connectivity index (χ2v) is 6.84. The van der Waals surface area contributed by atoms with Gasteiger partial charge in [-0.25, -0.2) is 0 Å². The Morgan fingerprint density at radius 3 is 2.73 bits per heavy atom. The molecular formula is C20H25N3O3. The molecule has 2 aromatic rings. The van der Waals surface area contributed by atoms with E-state index < -0.39 is 0 Å². The van der Waals surface area contributed by atoms with E-state index in [9.17, 15) is 9.59 Å². The molecule has 1 atom stereocenters. The van der Waals surface area contributed by atoms with Gasteiger partial charge in [0.15, 0.2) is 0 Å². The third-order valence-corrected chi connectivity index (χ3v) is 4.96. The Kier molecular flexibility index (Phi) is 5.71. The summed E-state index contributed by atoms with van der Waals surface area (Å²) in [5.41, 5.74) is 2.64. The predicted molar refractivity (Wildman–Crippen MR) is 98.7 cm³/mol. The highest BCUT2D eigenvalue weighted by Gasteiger charge is 2.28. The number of aryl methyl sites for hydroxylation is 2. The average molecular weight is 355 g/mol. The van der Waals surface area contributed by atoms with Crippen molar-refractivity contribution in [3.63, 3.8) is 0 Å². The molecule has 26 heavy (non-hydrogen) atoms. The lowest BCUT2D eigenvalue weighted by Crippen LogP contribution is -2.43. The largest absolute Gasteiger partial charge is 0.361 e. The van der Waals surface area contributed by atoms with Crippen LogP contribution in [0.25, 0.3) is 0 Å². The number of hydrogen-bond donors (Lipinski definition) is 1. The molecule has 1 aliphatic heterocycles. The van der Waals surface area contributed by atoms with Crippen LogP contribution in [0.15, 0.2) is 34.9 Å². The second kappa shape index (κ2) is 8.17. The quantitative estimate of drug-likeness (QED) is 0.894. The van der Waals surface area contributed by atoms with Gasteiger partial charge in [-0.1, -0.05) is 23.4 Å². The minimum Gasteiger partial charge on any atom is -0.361 e. The van der Waals surface area contributed by atoms with E-state index in [0.29, 0.717) is 19.4 Å². The van der Waals surface area contributed by atoms with Crippen LogP contribution in [0, 0.1) is 19.8 Å². The van der Waals surface area contributed by atoms with Crippen molar-refractivity contribution in [3.8, 4) is 0 Å². The maximum Gasteiger partial charge on any atom is 0.229 e. The first-order chi connectivity index (χ1) is 12.5. The Balaban J connectivity index is 1.54. The van der Waals surface area contributed by atoms with Crippen LogP contribution >= 0.6 is 0 Å². The number of aromatic nitrogens is 1. The van der Waals surface area contributed by atoms with Crippen molar-refractivity contribution < 1.29 is 14.1 Å². The Morgan fingerprint density at radius 1 is 1.27 bits per heavy atom. The van der Waals surface area contributed by atoms with Gasteiger partial charge in [-0.05, 0) is 45.2 Å². The van der Waals surface area contributed by atoms with E-state index in [-0.39, 0.29) is 17.7 Å². The summed E-state index contributed by atoms with van der Waals surface area (Å²) >= 11 is 0. The molecule has 1 aromatic carbocycles. The van der Waals surface area contributed by atoms with E-state index in [4.69, 9.17) is 4.52 Å². The van der Waals surface area contributed by atoms with Crippen molar-refractivity contribution in [3.05, 3.63) is 47.3 Å². The number of nitrogens with zero attached hydrogens (tertiary/aromatic N) is 2. The molecule has 1 fully saturated rings. The summed E-state index contributed by atoms with van der Waals surface area (Å²) in [6.45, 7) is 4.96. The van der Waals surface area contributed by atoms with Crippen LogP contribution in [0.5, 0.6) is 0 Å². The van der Waals surface area contributed by atoms with Crippen molar-refractivity contribution in [1.29, 1.82) is 0 Å². The Labute approximate surface area is 153 Å². The van der Waals surface area contributed by atoms with Gasteiger partial charge in [-0.2, -0.15) is 0 Å². The molecule has 1 N–H and O–H groups in total. The summed E-state index contributed by atoms with van der Waals surface area (Å²) in [7, 11) is 0. The summed E-state index contributed by atoms with van der Waals surface area (Å²) in [5.74, 6) is 0.683. The smallest absolute Gasteiger partial charge is 0.229 e. The summed E-state index contributed by atoms with van der Waals surface area (Å²) < 4.78 is 5.15. The van der Waals surface area contributed by atoms with Gasteiger partial charge in [-0.15, -0.1) is 0 Å². The molecule has 1 aromatic heterocycles. The number of hydrogen-bond acceptors (Lipinski definition) is 4. The fourth-order valence-corrected chi connectivity index (χ4v) is 3.43. The minimum atomic E-state index is -0.160. The van der Waals surface area contributed by atoms with Crippen molar-refractivity contribution in [2.75, 3.05) is 18.4 Å². The number of carbonyl (C=O) groups is 2. The zero-order valence-electron chi connectivity index (χ0n) is 15.3. The molecule has 1 saturated heterocycles. The van der Waals surface area contributed by atoms with E-state index in [0.717, 1.165) is 42.1 Å². The van der Waals surface area contributed by atoms with Gasteiger partial charge in [0.2, 0.25) is 11.8 Å². The number of rotatable bonds is 5. The Morgan fingerprint density at radius 2 is 2.04 bits per heavy atom. The highest BCUT2D eigenvalue weighted by atomic mass is 16.5. The van der Waals surface area contributed by atoms with Crippen molar-refractivity contribution in [1.82, 2.24) is 10.1 Å². The molecule has 6 heteroatoms. The SMILES string of the molecule is Cc1noc(C)c1CCC(=O)N1CCCC(C(=O)Nc2ccccc2)C1. The van der Waals surface area contributed by atoms with E-state index >= 15 is 0 Å². The highest BCUT2D eigenvalue weighted by Crippen LogP contribution is 2.21. The summed E-state index contributed by atoms with van der Waals surface area (Å²) in [6, 6.07) is 9.43. The van der Waals surface area contributed by atoms with Gasteiger partial charge in [0.25, 0.3) is 0 Å². The Hall–Kier alpha value is -2.63. The van der Waals surface area contributed by atoms with Crippen molar-refractivity contribution in [2.24, 2.45) is 5.92 Å². The number of benzene rings is 1. The fourth-order valence-electron chi connectivity index (χ4n) is 3.43. The molecule has 6 nitrogen and oxygen atoms in total. The molecular weight excluding hydrogens is 330 g/mol.